The highest BCUT2D eigenvalue weighted by atomic mass is 16.7. The van der Waals surface area contributed by atoms with Gasteiger partial charge < -0.3 is 14.2 Å². The highest BCUT2D eigenvalue weighted by molar-refractivity contribution is 5.76. The number of hydrogen-bond acceptors (Lipinski definition) is 6. The Hall–Kier alpha value is -2.21. The molecule has 0 saturated heterocycles. The molecule has 1 aliphatic carbocycles. The molecule has 1 atom stereocenters. The molecule has 0 radical (unpaired) electrons. The van der Waals surface area contributed by atoms with Gasteiger partial charge >= 0.3 is 5.97 Å². The van der Waals surface area contributed by atoms with Crippen molar-refractivity contribution in [3.63, 3.8) is 0 Å². The number of carbonyl (C=O) groups excluding carboxylic acids is 1. The van der Waals surface area contributed by atoms with Crippen LogP contribution in [0.4, 0.5) is 0 Å². The minimum absolute atomic E-state index is 0.252. The summed E-state index contributed by atoms with van der Waals surface area (Å²) in [5.41, 5.74) is 4.58. The number of methoxy groups -OCH3 is 1. The zero-order valence-corrected chi connectivity index (χ0v) is 14.7. The number of ether oxygens (including phenoxy) is 3. The Labute approximate surface area is 148 Å². The standard InChI is InChI=1S/C19H25NO5/c1-3-23-19(21)17-11-9-15(20-25-17)13-8-10-16(22-2)18(12-13)24-14-6-4-5-7-14/h8-10,12,14,17,20H,3-7,11H2,1-2H3. The number of hydrogen-bond donors (Lipinski definition) is 1. The maximum Gasteiger partial charge on any atom is 0.338 e. The molecule has 1 aliphatic heterocycles. The molecule has 2 aliphatic rings. The van der Waals surface area contributed by atoms with Crippen LogP contribution >= 0.6 is 0 Å². The van der Waals surface area contributed by atoms with Crippen LogP contribution in [0.3, 0.4) is 0 Å². The monoisotopic (exact) mass is 347 g/mol. The van der Waals surface area contributed by atoms with Gasteiger partial charge in [0.1, 0.15) is 0 Å². The van der Waals surface area contributed by atoms with Crippen molar-refractivity contribution < 1.29 is 23.8 Å². The van der Waals surface area contributed by atoms with E-state index in [1.54, 1.807) is 14.0 Å². The number of hydroxylamine groups is 1. The average molecular weight is 347 g/mol. The van der Waals surface area contributed by atoms with Crippen molar-refractivity contribution in [2.75, 3.05) is 13.7 Å². The Balaban J connectivity index is 1.72. The van der Waals surface area contributed by atoms with Gasteiger partial charge in [0.05, 0.1) is 25.5 Å². The summed E-state index contributed by atoms with van der Waals surface area (Å²) in [7, 11) is 1.64. The highest BCUT2D eigenvalue weighted by Crippen LogP contribution is 2.34. The van der Waals surface area contributed by atoms with Gasteiger partial charge in [-0.1, -0.05) is 6.08 Å². The van der Waals surface area contributed by atoms with Crippen LogP contribution in [-0.4, -0.2) is 31.9 Å². The molecule has 6 nitrogen and oxygen atoms in total. The minimum atomic E-state index is -0.615. The third-order valence-electron chi connectivity index (χ3n) is 4.47. The van der Waals surface area contributed by atoms with E-state index in [1.165, 1.54) is 12.8 Å². The lowest BCUT2D eigenvalue weighted by Crippen LogP contribution is -2.34. The minimum Gasteiger partial charge on any atom is -0.493 e. The van der Waals surface area contributed by atoms with Crippen molar-refractivity contribution in [3.8, 4) is 11.5 Å². The summed E-state index contributed by atoms with van der Waals surface area (Å²) < 4.78 is 16.5. The van der Waals surface area contributed by atoms with E-state index < -0.39 is 6.10 Å². The molecule has 1 heterocycles. The van der Waals surface area contributed by atoms with Crippen LogP contribution < -0.4 is 15.0 Å². The predicted octanol–water partition coefficient (Wildman–Crippen LogP) is 3.21. The van der Waals surface area contributed by atoms with Crippen molar-refractivity contribution in [1.82, 2.24) is 5.48 Å². The second-order valence-corrected chi connectivity index (χ2v) is 6.20. The van der Waals surface area contributed by atoms with E-state index in [4.69, 9.17) is 19.0 Å². The smallest absolute Gasteiger partial charge is 0.338 e. The fraction of sp³-hybridized carbons (Fsp3) is 0.526. The van der Waals surface area contributed by atoms with Crippen molar-refractivity contribution in [2.24, 2.45) is 0 Å². The lowest BCUT2D eigenvalue weighted by molar-refractivity contribution is -0.160. The van der Waals surface area contributed by atoms with Gasteiger partial charge in [-0.05, 0) is 50.8 Å². The van der Waals surface area contributed by atoms with Crippen molar-refractivity contribution in [1.29, 1.82) is 0 Å². The number of benzene rings is 1. The lowest BCUT2D eigenvalue weighted by atomic mass is 10.1. The van der Waals surface area contributed by atoms with E-state index in [2.05, 4.69) is 5.48 Å². The molecular weight excluding hydrogens is 322 g/mol. The quantitative estimate of drug-likeness (QED) is 0.797. The molecule has 1 saturated carbocycles. The Kier molecular flexibility index (Phi) is 5.81. The number of esters is 1. The Bertz CT molecular complexity index is 637. The molecule has 3 rings (SSSR count). The summed E-state index contributed by atoms with van der Waals surface area (Å²) in [6.45, 7) is 2.12. The van der Waals surface area contributed by atoms with Crippen LogP contribution in [0.2, 0.25) is 0 Å². The zero-order chi connectivity index (χ0) is 17.6. The third-order valence-corrected chi connectivity index (χ3v) is 4.47. The van der Waals surface area contributed by atoms with E-state index in [0.29, 0.717) is 13.0 Å². The first-order chi connectivity index (χ1) is 12.2. The summed E-state index contributed by atoms with van der Waals surface area (Å²) in [6.07, 6.45) is 6.62. The molecule has 0 spiro atoms. The van der Waals surface area contributed by atoms with Crippen molar-refractivity contribution in [2.45, 2.75) is 51.2 Å². The molecule has 1 N–H and O–H groups in total. The molecule has 1 aromatic carbocycles. The lowest BCUT2D eigenvalue weighted by Gasteiger charge is -2.23. The van der Waals surface area contributed by atoms with Gasteiger partial charge in [-0.3, -0.25) is 10.3 Å². The van der Waals surface area contributed by atoms with E-state index >= 15 is 0 Å². The second-order valence-electron chi connectivity index (χ2n) is 6.20. The Morgan fingerprint density at radius 1 is 1.28 bits per heavy atom. The van der Waals surface area contributed by atoms with E-state index in [-0.39, 0.29) is 12.1 Å². The van der Waals surface area contributed by atoms with Gasteiger partial charge in [-0.25, -0.2) is 4.79 Å². The topological polar surface area (TPSA) is 66.0 Å². The summed E-state index contributed by atoms with van der Waals surface area (Å²) in [5, 5.41) is 0. The predicted molar refractivity (Wildman–Crippen MR) is 93.1 cm³/mol. The van der Waals surface area contributed by atoms with E-state index in [1.807, 2.05) is 24.3 Å². The van der Waals surface area contributed by atoms with Crippen LogP contribution in [0.1, 0.15) is 44.6 Å². The molecule has 1 fully saturated rings. The summed E-state index contributed by atoms with van der Waals surface area (Å²) in [5.74, 6) is 1.10. The van der Waals surface area contributed by atoms with Gasteiger partial charge in [0.25, 0.3) is 0 Å². The molecule has 1 unspecified atom stereocenters. The zero-order valence-electron chi connectivity index (χ0n) is 14.7. The van der Waals surface area contributed by atoms with Gasteiger partial charge in [-0.15, -0.1) is 0 Å². The first-order valence-corrected chi connectivity index (χ1v) is 8.84. The van der Waals surface area contributed by atoms with Crippen LogP contribution in [0.15, 0.2) is 24.3 Å². The molecule has 1 aromatic rings. The maximum absolute atomic E-state index is 11.7. The van der Waals surface area contributed by atoms with Gasteiger partial charge in [0, 0.05) is 12.0 Å². The first-order valence-electron chi connectivity index (χ1n) is 8.84. The van der Waals surface area contributed by atoms with Gasteiger partial charge in [-0.2, -0.15) is 0 Å². The molecular formula is C19H25NO5. The molecule has 0 bridgehead atoms. The van der Waals surface area contributed by atoms with E-state index in [0.717, 1.165) is 35.6 Å². The van der Waals surface area contributed by atoms with Crippen molar-refractivity contribution >= 4 is 11.7 Å². The van der Waals surface area contributed by atoms with Crippen LogP contribution in [0.5, 0.6) is 11.5 Å². The maximum atomic E-state index is 11.7. The van der Waals surface area contributed by atoms with Gasteiger partial charge in [0.15, 0.2) is 17.6 Å². The van der Waals surface area contributed by atoms with Gasteiger partial charge in [0.2, 0.25) is 0 Å². The number of carbonyl (C=O) groups is 1. The fourth-order valence-electron chi connectivity index (χ4n) is 3.13. The molecule has 0 aromatic heterocycles. The average Bonchev–Trinajstić information content (AvgIpc) is 3.15. The first kappa shape index (κ1) is 17.6. The summed E-state index contributed by atoms with van der Waals surface area (Å²) >= 11 is 0. The van der Waals surface area contributed by atoms with Crippen molar-refractivity contribution in [3.05, 3.63) is 29.8 Å². The fourth-order valence-corrected chi connectivity index (χ4v) is 3.13. The molecule has 136 valence electrons. The summed E-state index contributed by atoms with van der Waals surface area (Å²) in [4.78, 5) is 17.1. The number of nitrogens with one attached hydrogen (secondary N) is 1. The normalized spacial score (nSPS) is 20.6. The largest absolute Gasteiger partial charge is 0.493 e. The van der Waals surface area contributed by atoms with Crippen LogP contribution in [0.25, 0.3) is 5.70 Å². The number of rotatable bonds is 6. The Morgan fingerprint density at radius 2 is 2.08 bits per heavy atom. The second kappa shape index (κ2) is 8.25. The Morgan fingerprint density at radius 3 is 2.72 bits per heavy atom. The van der Waals surface area contributed by atoms with Crippen LogP contribution in [0, 0.1) is 0 Å². The van der Waals surface area contributed by atoms with E-state index in [9.17, 15) is 4.79 Å². The third kappa shape index (κ3) is 4.25. The molecule has 0 amide bonds. The SMILES string of the molecule is CCOC(=O)C1CC=C(c2ccc(OC)c(OC3CCCC3)c2)NO1. The molecule has 25 heavy (non-hydrogen) atoms. The summed E-state index contributed by atoms with van der Waals surface area (Å²) in [6, 6.07) is 5.77. The molecule has 6 heteroatoms. The van der Waals surface area contributed by atoms with Crippen LogP contribution in [-0.2, 0) is 14.4 Å². The highest BCUT2D eigenvalue weighted by Gasteiger charge is 2.25.